The highest BCUT2D eigenvalue weighted by atomic mass is 19.1. The van der Waals surface area contributed by atoms with Crippen molar-refractivity contribution in [1.82, 2.24) is 0 Å². The Labute approximate surface area is 182 Å². The van der Waals surface area contributed by atoms with Crippen molar-refractivity contribution in [3.63, 3.8) is 0 Å². The summed E-state index contributed by atoms with van der Waals surface area (Å²) in [4.78, 5) is 50.6. The summed E-state index contributed by atoms with van der Waals surface area (Å²) in [6.45, 7) is -0.579. The van der Waals surface area contributed by atoms with Crippen LogP contribution in [0.25, 0.3) is 0 Å². The van der Waals surface area contributed by atoms with Crippen LogP contribution in [0.5, 0.6) is 5.75 Å². The van der Waals surface area contributed by atoms with E-state index in [1.807, 2.05) is 0 Å². The Morgan fingerprint density at radius 3 is 2.03 bits per heavy atom. The fraction of sp³-hybridized carbons (Fsp3) is 0.0833. The number of carbonyl (C=O) groups is 4. The minimum absolute atomic E-state index is 0.00306. The van der Waals surface area contributed by atoms with E-state index >= 15 is 0 Å². The van der Waals surface area contributed by atoms with E-state index in [-0.39, 0.29) is 16.9 Å². The number of esters is 1. The average molecular weight is 433 g/mol. The number of anilines is 1. The third-order valence-electron chi connectivity index (χ3n) is 4.96. The number of ether oxygens (including phenoxy) is 2. The highest BCUT2D eigenvalue weighted by Crippen LogP contribution is 2.28. The summed E-state index contributed by atoms with van der Waals surface area (Å²) in [5, 5.41) is 0. The van der Waals surface area contributed by atoms with Crippen LogP contribution in [0.4, 0.5) is 10.1 Å². The van der Waals surface area contributed by atoms with E-state index in [0.29, 0.717) is 16.8 Å². The van der Waals surface area contributed by atoms with Crippen molar-refractivity contribution >= 4 is 29.3 Å². The van der Waals surface area contributed by atoms with Gasteiger partial charge in [-0.25, -0.2) is 14.1 Å². The lowest BCUT2D eigenvalue weighted by Gasteiger charge is -2.14. The van der Waals surface area contributed by atoms with Crippen LogP contribution < -0.4 is 9.64 Å². The molecule has 3 aromatic rings. The summed E-state index contributed by atoms with van der Waals surface area (Å²) in [5.41, 5.74) is 1.10. The van der Waals surface area contributed by atoms with Gasteiger partial charge in [0, 0.05) is 5.56 Å². The molecule has 0 atom stereocenters. The monoisotopic (exact) mass is 433 g/mol. The highest BCUT2D eigenvalue weighted by molar-refractivity contribution is 6.34. The van der Waals surface area contributed by atoms with Gasteiger partial charge in [-0.15, -0.1) is 0 Å². The van der Waals surface area contributed by atoms with Crippen molar-refractivity contribution in [3.8, 4) is 5.75 Å². The van der Waals surface area contributed by atoms with Crippen LogP contribution in [0.1, 0.15) is 41.4 Å². The second-order valence-electron chi connectivity index (χ2n) is 6.89. The Morgan fingerprint density at radius 2 is 1.47 bits per heavy atom. The van der Waals surface area contributed by atoms with Gasteiger partial charge in [0.05, 0.1) is 29.5 Å². The van der Waals surface area contributed by atoms with Gasteiger partial charge in [-0.2, -0.15) is 0 Å². The van der Waals surface area contributed by atoms with Gasteiger partial charge in [0.1, 0.15) is 0 Å². The Morgan fingerprint density at radius 1 is 0.875 bits per heavy atom. The maximum atomic E-state index is 13.7. The molecule has 0 aliphatic carbocycles. The second kappa shape index (κ2) is 8.43. The van der Waals surface area contributed by atoms with Crippen LogP contribution in [0.15, 0.2) is 66.7 Å². The molecule has 0 aromatic heterocycles. The highest BCUT2D eigenvalue weighted by Gasteiger charge is 2.36. The predicted molar refractivity (Wildman–Crippen MR) is 112 cm³/mol. The summed E-state index contributed by atoms with van der Waals surface area (Å²) in [5.74, 6) is -2.95. The summed E-state index contributed by atoms with van der Waals surface area (Å²) in [7, 11) is 1.31. The third kappa shape index (κ3) is 3.74. The number of halogens is 1. The summed E-state index contributed by atoms with van der Waals surface area (Å²) in [6, 6.07) is 15.8. The molecule has 1 aliphatic rings. The standard InChI is InChI=1S/C24H16FNO6/c1-31-21-11-8-15(12-19(21)25)20(27)13-32-24(30)14-6-9-16(10-7-14)26-22(28)17-4-2-3-5-18(17)23(26)29/h2-12H,13H2,1H3. The van der Waals surface area contributed by atoms with Gasteiger partial charge in [-0.05, 0) is 54.6 Å². The van der Waals surface area contributed by atoms with Crippen molar-refractivity contribution in [2.75, 3.05) is 18.6 Å². The van der Waals surface area contributed by atoms with Crippen molar-refractivity contribution in [2.45, 2.75) is 0 Å². The van der Waals surface area contributed by atoms with E-state index in [0.717, 1.165) is 11.0 Å². The first-order valence-electron chi connectivity index (χ1n) is 9.52. The smallest absolute Gasteiger partial charge is 0.338 e. The SMILES string of the molecule is COc1ccc(C(=O)COC(=O)c2ccc(N3C(=O)c4ccccc4C3=O)cc2)cc1F. The van der Waals surface area contributed by atoms with E-state index < -0.39 is 36.0 Å². The van der Waals surface area contributed by atoms with Crippen LogP contribution >= 0.6 is 0 Å². The van der Waals surface area contributed by atoms with Crippen LogP contribution in [0.3, 0.4) is 0 Å². The molecule has 3 aromatic carbocycles. The summed E-state index contributed by atoms with van der Waals surface area (Å²) in [6.07, 6.45) is 0. The lowest BCUT2D eigenvalue weighted by Crippen LogP contribution is -2.29. The Balaban J connectivity index is 1.42. The van der Waals surface area contributed by atoms with Crippen LogP contribution in [-0.2, 0) is 4.74 Å². The number of hydrogen-bond acceptors (Lipinski definition) is 6. The lowest BCUT2D eigenvalue weighted by atomic mass is 10.1. The zero-order chi connectivity index (χ0) is 22.8. The minimum atomic E-state index is -0.777. The first-order valence-corrected chi connectivity index (χ1v) is 9.52. The molecular formula is C24H16FNO6. The Hall–Kier alpha value is -4.33. The fourth-order valence-electron chi connectivity index (χ4n) is 3.31. The maximum absolute atomic E-state index is 13.7. The van der Waals surface area contributed by atoms with Crippen LogP contribution in [0.2, 0.25) is 0 Å². The predicted octanol–water partition coefficient (Wildman–Crippen LogP) is 3.67. The van der Waals surface area contributed by atoms with Gasteiger partial charge in [0.15, 0.2) is 24.0 Å². The quantitative estimate of drug-likeness (QED) is 0.335. The summed E-state index contributed by atoms with van der Waals surface area (Å²) >= 11 is 0. The molecule has 0 fully saturated rings. The normalized spacial score (nSPS) is 12.5. The number of benzene rings is 3. The van der Waals surface area contributed by atoms with Crippen molar-refractivity contribution in [1.29, 1.82) is 0 Å². The average Bonchev–Trinajstić information content (AvgIpc) is 3.07. The van der Waals surface area contributed by atoms with Crippen LogP contribution in [0, 0.1) is 5.82 Å². The number of amides is 2. The van der Waals surface area contributed by atoms with Gasteiger partial charge in [-0.3, -0.25) is 14.4 Å². The number of nitrogens with zero attached hydrogens (tertiary/aromatic N) is 1. The number of ketones is 1. The van der Waals surface area contributed by atoms with Crippen LogP contribution in [-0.4, -0.2) is 37.3 Å². The molecule has 4 rings (SSSR count). The van der Waals surface area contributed by atoms with Crippen molar-refractivity contribution in [2.24, 2.45) is 0 Å². The maximum Gasteiger partial charge on any atom is 0.338 e. The number of methoxy groups -OCH3 is 1. The molecule has 0 spiro atoms. The number of rotatable bonds is 6. The molecule has 1 aliphatic heterocycles. The number of hydrogen-bond donors (Lipinski definition) is 0. The lowest BCUT2D eigenvalue weighted by molar-refractivity contribution is 0.0474. The van der Waals surface area contributed by atoms with E-state index in [9.17, 15) is 23.6 Å². The van der Waals surface area contributed by atoms with Gasteiger partial charge < -0.3 is 9.47 Å². The number of Topliss-reactive ketones (excluding diaryl/α,β-unsaturated/α-hetero) is 1. The third-order valence-corrected chi connectivity index (χ3v) is 4.96. The van der Waals surface area contributed by atoms with E-state index in [1.165, 1.54) is 43.5 Å². The minimum Gasteiger partial charge on any atom is -0.494 e. The van der Waals surface area contributed by atoms with E-state index in [4.69, 9.17) is 9.47 Å². The zero-order valence-electron chi connectivity index (χ0n) is 16.8. The molecule has 160 valence electrons. The van der Waals surface area contributed by atoms with Gasteiger partial charge in [0.2, 0.25) is 0 Å². The Bertz CT molecular complexity index is 1220. The molecule has 0 saturated heterocycles. The summed E-state index contributed by atoms with van der Waals surface area (Å²) < 4.78 is 23.6. The molecule has 2 amide bonds. The molecule has 0 unspecified atom stereocenters. The van der Waals surface area contributed by atoms with E-state index in [1.54, 1.807) is 24.3 Å². The van der Waals surface area contributed by atoms with Gasteiger partial charge in [-0.1, -0.05) is 12.1 Å². The molecular weight excluding hydrogens is 417 g/mol. The largest absolute Gasteiger partial charge is 0.494 e. The molecule has 0 N–H and O–H groups in total. The molecule has 1 heterocycles. The number of imide groups is 1. The first-order chi connectivity index (χ1) is 15.4. The second-order valence-corrected chi connectivity index (χ2v) is 6.89. The first kappa shape index (κ1) is 20.9. The topological polar surface area (TPSA) is 90.0 Å². The zero-order valence-corrected chi connectivity index (χ0v) is 16.8. The van der Waals surface area contributed by atoms with Gasteiger partial charge in [0.25, 0.3) is 11.8 Å². The Kier molecular flexibility index (Phi) is 5.51. The number of fused-ring (bicyclic) bond motifs is 1. The van der Waals surface area contributed by atoms with Crippen molar-refractivity contribution in [3.05, 3.63) is 94.8 Å². The number of carbonyl (C=O) groups excluding carboxylic acids is 4. The van der Waals surface area contributed by atoms with E-state index in [2.05, 4.69) is 0 Å². The molecule has 8 heteroatoms. The van der Waals surface area contributed by atoms with Gasteiger partial charge >= 0.3 is 5.97 Å². The van der Waals surface area contributed by atoms with Crippen molar-refractivity contribution < 1.29 is 33.0 Å². The molecule has 0 bridgehead atoms. The fourth-order valence-corrected chi connectivity index (χ4v) is 3.31. The molecule has 32 heavy (non-hydrogen) atoms. The molecule has 7 nitrogen and oxygen atoms in total. The molecule has 0 radical (unpaired) electrons. The molecule has 0 saturated carbocycles.